The molecule has 0 saturated carbocycles. The van der Waals surface area contributed by atoms with Crippen LogP contribution in [-0.4, -0.2) is 29.7 Å². The fourth-order valence-corrected chi connectivity index (χ4v) is 1.10. The van der Waals surface area contributed by atoms with Gasteiger partial charge in [0.2, 0.25) is 5.88 Å². The highest BCUT2D eigenvalue weighted by molar-refractivity contribution is 5.76. The molecule has 1 aromatic rings. The molecule has 3 N–H and O–H groups in total. The summed E-state index contributed by atoms with van der Waals surface area (Å²) in [5.74, 6) is -1.19. The van der Waals surface area contributed by atoms with E-state index in [9.17, 15) is 4.79 Å². The van der Waals surface area contributed by atoms with Gasteiger partial charge in [-0.25, -0.2) is 4.98 Å². The van der Waals surface area contributed by atoms with Gasteiger partial charge in [-0.1, -0.05) is 6.07 Å². The molecule has 76 valence electrons. The van der Waals surface area contributed by atoms with E-state index in [0.717, 1.165) is 0 Å². The number of ether oxygens (including phenoxy) is 1. The molecule has 14 heavy (non-hydrogen) atoms. The van der Waals surface area contributed by atoms with Crippen molar-refractivity contribution < 1.29 is 14.6 Å². The van der Waals surface area contributed by atoms with Gasteiger partial charge in [0.1, 0.15) is 0 Å². The molecule has 0 spiro atoms. The molecule has 1 unspecified atom stereocenters. The summed E-state index contributed by atoms with van der Waals surface area (Å²) >= 11 is 0. The van der Waals surface area contributed by atoms with Gasteiger partial charge in [0.15, 0.2) is 0 Å². The molecule has 1 rings (SSSR count). The average molecular weight is 196 g/mol. The topological polar surface area (TPSA) is 85.4 Å². The molecule has 0 aliphatic heterocycles. The summed E-state index contributed by atoms with van der Waals surface area (Å²) < 4.78 is 4.85. The second-order valence-electron chi connectivity index (χ2n) is 2.76. The lowest BCUT2D eigenvalue weighted by atomic mass is 10.0. The molecule has 0 amide bonds. The summed E-state index contributed by atoms with van der Waals surface area (Å²) in [6.45, 7) is 0.0589. The third-order valence-electron chi connectivity index (χ3n) is 1.90. The number of carboxylic acids is 1. The first kappa shape index (κ1) is 10.5. The van der Waals surface area contributed by atoms with Crippen molar-refractivity contribution in [1.82, 2.24) is 4.98 Å². The smallest absolute Gasteiger partial charge is 0.312 e. The molecule has 1 aromatic heterocycles. The lowest BCUT2D eigenvalue weighted by Crippen LogP contribution is -2.21. The number of aliphatic carboxylic acids is 1. The molecule has 0 saturated heterocycles. The molecular formula is C9H12N2O3. The van der Waals surface area contributed by atoms with E-state index in [-0.39, 0.29) is 6.54 Å². The number of nitrogens with two attached hydrogens (primary N) is 1. The first-order chi connectivity index (χ1) is 6.69. The minimum atomic E-state index is -0.945. The molecule has 0 bridgehead atoms. The number of methoxy groups -OCH3 is 1. The second-order valence-corrected chi connectivity index (χ2v) is 2.76. The van der Waals surface area contributed by atoms with E-state index in [4.69, 9.17) is 15.6 Å². The third-order valence-corrected chi connectivity index (χ3v) is 1.90. The zero-order valence-electron chi connectivity index (χ0n) is 7.80. The first-order valence-corrected chi connectivity index (χ1v) is 4.12. The van der Waals surface area contributed by atoms with E-state index in [2.05, 4.69) is 4.98 Å². The predicted molar refractivity (Wildman–Crippen MR) is 50.2 cm³/mol. The van der Waals surface area contributed by atoms with Gasteiger partial charge in [0, 0.05) is 18.8 Å². The molecule has 0 aromatic carbocycles. The minimum Gasteiger partial charge on any atom is -0.481 e. The van der Waals surface area contributed by atoms with Crippen LogP contribution in [0.25, 0.3) is 0 Å². The van der Waals surface area contributed by atoms with Gasteiger partial charge in [-0.3, -0.25) is 4.79 Å². The lowest BCUT2D eigenvalue weighted by Gasteiger charge is -2.09. The molecule has 0 aliphatic rings. The Kier molecular flexibility index (Phi) is 3.41. The molecule has 1 atom stereocenters. The van der Waals surface area contributed by atoms with Gasteiger partial charge in [-0.15, -0.1) is 0 Å². The number of hydrogen-bond donors (Lipinski definition) is 2. The van der Waals surface area contributed by atoms with Gasteiger partial charge < -0.3 is 15.6 Å². The van der Waals surface area contributed by atoms with Crippen LogP contribution in [-0.2, 0) is 4.79 Å². The van der Waals surface area contributed by atoms with Gasteiger partial charge >= 0.3 is 5.97 Å². The highest BCUT2D eigenvalue weighted by atomic mass is 16.5. The van der Waals surface area contributed by atoms with Crippen molar-refractivity contribution in [2.24, 2.45) is 5.73 Å². The Morgan fingerprint density at radius 2 is 2.43 bits per heavy atom. The summed E-state index contributed by atoms with van der Waals surface area (Å²) in [5, 5.41) is 8.81. The van der Waals surface area contributed by atoms with E-state index in [0.29, 0.717) is 11.4 Å². The number of nitrogens with zero attached hydrogens (tertiary/aromatic N) is 1. The lowest BCUT2D eigenvalue weighted by molar-refractivity contribution is -0.138. The van der Waals surface area contributed by atoms with Crippen LogP contribution in [0.15, 0.2) is 18.3 Å². The van der Waals surface area contributed by atoms with E-state index in [1.807, 2.05) is 0 Å². The number of rotatable bonds is 4. The van der Waals surface area contributed by atoms with E-state index < -0.39 is 11.9 Å². The number of hydrogen-bond acceptors (Lipinski definition) is 4. The van der Waals surface area contributed by atoms with Crippen molar-refractivity contribution in [3.63, 3.8) is 0 Å². The summed E-state index contributed by atoms with van der Waals surface area (Å²) in [6.07, 6.45) is 1.46. The Morgan fingerprint density at radius 1 is 1.71 bits per heavy atom. The van der Waals surface area contributed by atoms with Gasteiger partial charge in [0.25, 0.3) is 0 Å². The van der Waals surface area contributed by atoms with Crippen LogP contribution in [0, 0.1) is 0 Å². The zero-order valence-corrected chi connectivity index (χ0v) is 7.80. The molecule has 5 nitrogen and oxygen atoms in total. The summed E-state index contributed by atoms with van der Waals surface area (Å²) in [4.78, 5) is 14.7. The quantitative estimate of drug-likeness (QED) is 0.719. The molecule has 0 aliphatic carbocycles. The van der Waals surface area contributed by atoms with Crippen LogP contribution in [0.1, 0.15) is 11.5 Å². The number of aromatic nitrogens is 1. The van der Waals surface area contributed by atoms with Crippen LogP contribution in [0.4, 0.5) is 0 Å². The van der Waals surface area contributed by atoms with Gasteiger partial charge in [-0.2, -0.15) is 0 Å². The molecule has 1 heterocycles. The maximum Gasteiger partial charge on any atom is 0.312 e. The maximum absolute atomic E-state index is 10.7. The largest absolute Gasteiger partial charge is 0.481 e. The summed E-state index contributed by atoms with van der Waals surface area (Å²) in [7, 11) is 1.50. The molecule has 5 heteroatoms. The second kappa shape index (κ2) is 4.57. The van der Waals surface area contributed by atoms with E-state index >= 15 is 0 Å². The minimum absolute atomic E-state index is 0.0589. The normalized spacial score (nSPS) is 12.1. The molecular weight excluding hydrogens is 184 g/mol. The van der Waals surface area contributed by atoms with Crippen molar-refractivity contribution in [1.29, 1.82) is 0 Å². The maximum atomic E-state index is 10.7. The molecule has 0 radical (unpaired) electrons. The number of carboxylic acid groups (broad SMARTS) is 1. The van der Waals surface area contributed by atoms with Crippen molar-refractivity contribution >= 4 is 5.97 Å². The Labute approximate surface area is 81.5 Å². The van der Waals surface area contributed by atoms with E-state index in [1.54, 1.807) is 12.1 Å². The average Bonchev–Trinajstić information content (AvgIpc) is 2.19. The Morgan fingerprint density at radius 3 is 2.79 bits per heavy atom. The van der Waals surface area contributed by atoms with Crippen LogP contribution in [0.3, 0.4) is 0 Å². The Balaban J connectivity index is 2.89. The van der Waals surface area contributed by atoms with Crippen LogP contribution in [0.2, 0.25) is 0 Å². The van der Waals surface area contributed by atoms with Crippen LogP contribution >= 0.6 is 0 Å². The number of pyridine rings is 1. The van der Waals surface area contributed by atoms with Crippen molar-refractivity contribution in [2.75, 3.05) is 13.7 Å². The Hall–Kier alpha value is -1.62. The fraction of sp³-hybridized carbons (Fsp3) is 0.333. The monoisotopic (exact) mass is 196 g/mol. The van der Waals surface area contributed by atoms with Crippen molar-refractivity contribution in [2.45, 2.75) is 5.92 Å². The summed E-state index contributed by atoms with van der Waals surface area (Å²) in [5.41, 5.74) is 5.92. The van der Waals surface area contributed by atoms with Gasteiger partial charge in [-0.05, 0) is 5.56 Å². The van der Waals surface area contributed by atoms with E-state index in [1.165, 1.54) is 13.3 Å². The highest BCUT2D eigenvalue weighted by Gasteiger charge is 2.17. The van der Waals surface area contributed by atoms with Crippen LogP contribution in [0.5, 0.6) is 5.88 Å². The van der Waals surface area contributed by atoms with Crippen molar-refractivity contribution in [3.05, 3.63) is 23.9 Å². The summed E-state index contributed by atoms with van der Waals surface area (Å²) in [6, 6.07) is 3.26. The number of carbonyl (C=O) groups is 1. The van der Waals surface area contributed by atoms with Gasteiger partial charge in [0.05, 0.1) is 13.0 Å². The first-order valence-electron chi connectivity index (χ1n) is 4.12. The SMILES string of the molecule is COc1ccc(C(CN)C(=O)O)cn1. The van der Waals surface area contributed by atoms with Crippen molar-refractivity contribution in [3.8, 4) is 5.88 Å². The standard InChI is InChI=1S/C9H12N2O3/c1-14-8-3-2-6(5-11-8)7(4-10)9(12)13/h2-3,5,7H,4,10H2,1H3,(H,12,13). The fourth-order valence-electron chi connectivity index (χ4n) is 1.10. The third kappa shape index (κ3) is 2.20. The Bertz CT molecular complexity index is 310. The van der Waals surface area contributed by atoms with Crippen LogP contribution < -0.4 is 10.5 Å². The highest BCUT2D eigenvalue weighted by Crippen LogP contribution is 2.16. The predicted octanol–water partition coefficient (Wildman–Crippen LogP) is 0.217. The molecule has 0 fully saturated rings. The zero-order chi connectivity index (χ0) is 10.6.